The first kappa shape index (κ1) is 21.8. The van der Waals surface area contributed by atoms with Gasteiger partial charge in [0.15, 0.2) is 0 Å². The lowest BCUT2D eigenvalue weighted by Gasteiger charge is -2.33. The van der Waals surface area contributed by atoms with E-state index in [2.05, 4.69) is 28.5 Å². The van der Waals surface area contributed by atoms with Gasteiger partial charge in [0.25, 0.3) is 0 Å². The SMILES string of the molecule is Cc1cccc(CO)c1NC1CCN(CC(=O)Nc2ccc3c(c2)CCCC3O)CC1. The normalized spacial score (nSPS) is 19.6. The number of piperidine rings is 1. The monoisotopic (exact) mass is 423 g/mol. The number of anilines is 2. The minimum atomic E-state index is -0.378. The number of para-hydroxylation sites is 1. The Morgan fingerprint density at radius 3 is 2.74 bits per heavy atom. The molecule has 1 fully saturated rings. The van der Waals surface area contributed by atoms with E-state index >= 15 is 0 Å². The second-order valence-electron chi connectivity index (χ2n) is 8.83. The number of rotatable bonds is 6. The smallest absolute Gasteiger partial charge is 0.238 e. The molecule has 6 nitrogen and oxygen atoms in total. The van der Waals surface area contributed by atoms with Gasteiger partial charge in [0, 0.05) is 36.1 Å². The number of aliphatic hydroxyl groups is 2. The Morgan fingerprint density at radius 2 is 1.97 bits per heavy atom. The average Bonchev–Trinajstić information content (AvgIpc) is 2.76. The molecule has 1 amide bonds. The Labute approximate surface area is 184 Å². The number of benzene rings is 2. The van der Waals surface area contributed by atoms with Crippen molar-refractivity contribution in [2.75, 3.05) is 30.3 Å². The van der Waals surface area contributed by atoms with Gasteiger partial charge in [-0.1, -0.05) is 24.3 Å². The number of carbonyl (C=O) groups is 1. The molecular weight excluding hydrogens is 390 g/mol. The molecule has 1 aliphatic carbocycles. The maximum absolute atomic E-state index is 12.6. The number of amides is 1. The summed E-state index contributed by atoms with van der Waals surface area (Å²) < 4.78 is 0. The van der Waals surface area contributed by atoms with E-state index in [1.807, 2.05) is 30.3 Å². The summed E-state index contributed by atoms with van der Waals surface area (Å²) in [4.78, 5) is 14.8. The molecule has 31 heavy (non-hydrogen) atoms. The van der Waals surface area contributed by atoms with E-state index in [1.165, 1.54) is 0 Å². The van der Waals surface area contributed by atoms with Gasteiger partial charge in [-0.3, -0.25) is 9.69 Å². The van der Waals surface area contributed by atoms with Crippen molar-refractivity contribution in [2.45, 2.75) is 57.8 Å². The maximum atomic E-state index is 12.6. The number of aliphatic hydroxyl groups excluding tert-OH is 2. The molecule has 0 spiro atoms. The highest BCUT2D eigenvalue weighted by Crippen LogP contribution is 2.31. The summed E-state index contributed by atoms with van der Waals surface area (Å²) >= 11 is 0. The number of aryl methyl sites for hydroxylation is 2. The van der Waals surface area contributed by atoms with E-state index in [-0.39, 0.29) is 18.6 Å². The molecule has 1 saturated heterocycles. The van der Waals surface area contributed by atoms with Crippen molar-refractivity contribution in [3.63, 3.8) is 0 Å². The fourth-order valence-corrected chi connectivity index (χ4v) is 4.78. The van der Waals surface area contributed by atoms with Gasteiger partial charge >= 0.3 is 0 Å². The van der Waals surface area contributed by atoms with Crippen LogP contribution in [-0.4, -0.2) is 46.7 Å². The fourth-order valence-electron chi connectivity index (χ4n) is 4.78. The molecule has 6 heteroatoms. The Hall–Kier alpha value is -2.41. The third-order valence-electron chi connectivity index (χ3n) is 6.54. The minimum absolute atomic E-state index is 0.00388. The highest BCUT2D eigenvalue weighted by atomic mass is 16.3. The second-order valence-corrected chi connectivity index (χ2v) is 8.83. The number of hydrogen-bond acceptors (Lipinski definition) is 5. The maximum Gasteiger partial charge on any atom is 0.238 e. The van der Waals surface area contributed by atoms with Crippen LogP contribution in [0.15, 0.2) is 36.4 Å². The van der Waals surface area contributed by atoms with Crippen molar-refractivity contribution < 1.29 is 15.0 Å². The quantitative estimate of drug-likeness (QED) is 0.573. The number of hydrogen-bond donors (Lipinski definition) is 4. The summed E-state index contributed by atoms with van der Waals surface area (Å²) in [5.74, 6) is 0.00388. The zero-order chi connectivity index (χ0) is 21.8. The molecule has 4 N–H and O–H groups in total. The third kappa shape index (κ3) is 5.26. The van der Waals surface area contributed by atoms with Crippen LogP contribution in [0.1, 0.15) is 54.0 Å². The summed E-state index contributed by atoms with van der Waals surface area (Å²) in [6.45, 7) is 4.20. The van der Waals surface area contributed by atoms with Crippen molar-refractivity contribution >= 4 is 17.3 Å². The Bertz CT molecular complexity index is 922. The highest BCUT2D eigenvalue weighted by molar-refractivity contribution is 5.92. The van der Waals surface area contributed by atoms with Crippen molar-refractivity contribution in [3.05, 3.63) is 58.7 Å². The van der Waals surface area contributed by atoms with E-state index in [4.69, 9.17) is 0 Å². The van der Waals surface area contributed by atoms with Gasteiger partial charge in [-0.05, 0) is 67.9 Å². The Kier molecular flexibility index (Phi) is 6.90. The highest BCUT2D eigenvalue weighted by Gasteiger charge is 2.22. The van der Waals surface area contributed by atoms with Crippen LogP contribution in [0, 0.1) is 6.92 Å². The van der Waals surface area contributed by atoms with Crippen LogP contribution in [0.5, 0.6) is 0 Å². The zero-order valence-electron chi connectivity index (χ0n) is 18.2. The summed E-state index contributed by atoms with van der Waals surface area (Å²) in [6.07, 6.45) is 4.30. The van der Waals surface area contributed by atoms with Crippen molar-refractivity contribution in [1.82, 2.24) is 4.90 Å². The van der Waals surface area contributed by atoms with Crippen LogP contribution in [0.4, 0.5) is 11.4 Å². The predicted molar refractivity (Wildman–Crippen MR) is 123 cm³/mol. The molecular formula is C25H33N3O3. The molecule has 4 rings (SSSR count). The van der Waals surface area contributed by atoms with Crippen molar-refractivity contribution in [3.8, 4) is 0 Å². The van der Waals surface area contributed by atoms with Gasteiger partial charge in [0.05, 0.1) is 19.3 Å². The summed E-state index contributed by atoms with van der Waals surface area (Å²) in [5, 5.41) is 26.3. The second kappa shape index (κ2) is 9.81. The lowest BCUT2D eigenvalue weighted by atomic mass is 9.89. The summed E-state index contributed by atoms with van der Waals surface area (Å²) in [6, 6.07) is 12.2. The van der Waals surface area contributed by atoms with Crippen LogP contribution in [0.2, 0.25) is 0 Å². The third-order valence-corrected chi connectivity index (χ3v) is 6.54. The molecule has 0 aromatic heterocycles. The zero-order valence-corrected chi connectivity index (χ0v) is 18.2. The van der Waals surface area contributed by atoms with Crippen LogP contribution in [-0.2, 0) is 17.8 Å². The van der Waals surface area contributed by atoms with Gasteiger partial charge in [-0.25, -0.2) is 0 Å². The predicted octanol–water partition coefficient (Wildman–Crippen LogP) is 3.37. The fraction of sp³-hybridized carbons (Fsp3) is 0.480. The molecule has 0 radical (unpaired) electrons. The lowest BCUT2D eigenvalue weighted by molar-refractivity contribution is -0.117. The largest absolute Gasteiger partial charge is 0.392 e. The number of likely N-dealkylation sites (tertiary alicyclic amines) is 1. The Morgan fingerprint density at radius 1 is 1.16 bits per heavy atom. The van der Waals surface area contributed by atoms with E-state index < -0.39 is 0 Å². The van der Waals surface area contributed by atoms with Crippen LogP contribution >= 0.6 is 0 Å². The van der Waals surface area contributed by atoms with Gasteiger partial charge < -0.3 is 20.8 Å². The van der Waals surface area contributed by atoms with Crippen LogP contribution in [0.25, 0.3) is 0 Å². The molecule has 2 aliphatic rings. The van der Waals surface area contributed by atoms with E-state index in [9.17, 15) is 15.0 Å². The molecule has 1 atom stereocenters. The Balaban J connectivity index is 1.27. The molecule has 0 bridgehead atoms. The molecule has 0 saturated carbocycles. The summed E-state index contributed by atoms with van der Waals surface area (Å²) in [7, 11) is 0. The van der Waals surface area contributed by atoms with Gasteiger partial charge in [-0.15, -0.1) is 0 Å². The topological polar surface area (TPSA) is 84.8 Å². The van der Waals surface area contributed by atoms with E-state index in [0.29, 0.717) is 12.6 Å². The lowest BCUT2D eigenvalue weighted by Crippen LogP contribution is -2.42. The van der Waals surface area contributed by atoms with Crippen LogP contribution < -0.4 is 10.6 Å². The molecule has 2 aromatic rings. The van der Waals surface area contributed by atoms with E-state index in [0.717, 1.165) is 78.8 Å². The average molecular weight is 424 g/mol. The molecule has 1 unspecified atom stereocenters. The molecule has 1 aliphatic heterocycles. The first-order valence-corrected chi connectivity index (χ1v) is 11.3. The number of nitrogens with zero attached hydrogens (tertiary/aromatic N) is 1. The minimum Gasteiger partial charge on any atom is -0.392 e. The number of carbonyl (C=O) groups excluding carboxylic acids is 1. The van der Waals surface area contributed by atoms with Gasteiger partial charge in [-0.2, -0.15) is 0 Å². The number of fused-ring (bicyclic) bond motifs is 1. The van der Waals surface area contributed by atoms with Crippen molar-refractivity contribution in [2.24, 2.45) is 0 Å². The van der Waals surface area contributed by atoms with Crippen LogP contribution in [0.3, 0.4) is 0 Å². The molecule has 2 aromatic carbocycles. The van der Waals surface area contributed by atoms with Gasteiger partial charge in [0.2, 0.25) is 5.91 Å². The summed E-state index contributed by atoms with van der Waals surface area (Å²) in [5.41, 5.74) is 6.06. The first-order chi connectivity index (χ1) is 15.0. The number of nitrogens with one attached hydrogen (secondary N) is 2. The first-order valence-electron chi connectivity index (χ1n) is 11.3. The van der Waals surface area contributed by atoms with Gasteiger partial charge in [0.1, 0.15) is 0 Å². The van der Waals surface area contributed by atoms with Crippen molar-refractivity contribution in [1.29, 1.82) is 0 Å². The molecule has 1 heterocycles. The van der Waals surface area contributed by atoms with E-state index in [1.54, 1.807) is 0 Å². The standard InChI is InChI=1S/C25H33N3O3/c1-17-4-2-6-19(16-29)25(17)27-20-10-12-28(13-11-20)15-24(31)26-21-8-9-22-18(14-21)5-3-7-23(22)30/h2,4,6,8-9,14,20,23,27,29-30H,3,5,7,10-13,15-16H2,1H3,(H,26,31). The molecule has 166 valence electrons.